The van der Waals surface area contributed by atoms with Crippen LogP contribution in [0.5, 0.6) is 0 Å². The Morgan fingerprint density at radius 3 is 2.76 bits per heavy atom. The summed E-state index contributed by atoms with van der Waals surface area (Å²) in [6.07, 6.45) is 2.94. The van der Waals surface area contributed by atoms with Gasteiger partial charge in [0.15, 0.2) is 0 Å². The minimum atomic E-state index is -0.224. The molecule has 1 rings (SSSR count). The molecule has 0 fully saturated rings. The number of rotatable bonds is 5. The smallest absolute Gasteiger partial charge is 0.257 e. The number of hydrogen-bond acceptors (Lipinski definition) is 3. The van der Waals surface area contributed by atoms with Crippen LogP contribution in [-0.2, 0) is 4.79 Å². The number of likely N-dealkylation sites (N-methyl/N-ethyl adjacent to an activating group) is 1. The van der Waals surface area contributed by atoms with E-state index in [1.165, 1.54) is 17.3 Å². The highest BCUT2D eigenvalue weighted by molar-refractivity contribution is 5.95. The van der Waals surface area contributed by atoms with Crippen molar-refractivity contribution in [1.29, 1.82) is 0 Å². The van der Waals surface area contributed by atoms with Crippen LogP contribution >= 0.6 is 0 Å². The lowest BCUT2D eigenvalue weighted by Crippen LogP contribution is -2.39. The molecule has 94 valence electrons. The second kappa shape index (κ2) is 6.03. The van der Waals surface area contributed by atoms with Crippen molar-refractivity contribution in [2.45, 2.75) is 13.8 Å². The first kappa shape index (κ1) is 13.2. The second-order valence-corrected chi connectivity index (χ2v) is 4.35. The molecule has 0 spiro atoms. The average molecular weight is 238 g/mol. The Labute approximate surface area is 100 Å². The minimum Gasteiger partial charge on any atom is -0.354 e. The predicted molar refractivity (Wildman–Crippen MR) is 63.4 cm³/mol. The van der Waals surface area contributed by atoms with Crippen molar-refractivity contribution in [2.24, 2.45) is 5.92 Å². The molecule has 0 aliphatic carbocycles. The molecular formula is C11H18N4O2. The molecule has 1 heterocycles. The summed E-state index contributed by atoms with van der Waals surface area (Å²) in [5.74, 6) is 0.0188. The Balaban J connectivity index is 2.41. The highest BCUT2D eigenvalue weighted by Crippen LogP contribution is 1.99. The van der Waals surface area contributed by atoms with Gasteiger partial charge in [0, 0.05) is 19.8 Å². The van der Waals surface area contributed by atoms with E-state index in [2.05, 4.69) is 15.5 Å². The predicted octanol–water partition coefficient (Wildman–Crippen LogP) is 0.254. The Bertz CT molecular complexity index is 373. The van der Waals surface area contributed by atoms with Gasteiger partial charge >= 0.3 is 0 Å². The number of H-pyrrole nitrogens is 1. The van der Waals surface area contributed by atoms with Crippen molar-refractivity contribution in [3.8, 4) is 0 Å². The number of nitrogens with one attached hydrogen (secondary N) is 2. The van der Waals surface area contributed by atoms with Gasteiger partial charge in [0.05, 0.1) is 18.3 Å². The maximum Gasteiger partial charge on any atom is 0.257 e. The summed E-state index contributed by atoms with van der Waals surface area (Å²) in [5, 5.41) is 9.01. The molecule has 0 aromatic carbocycles. The van der Waals surface area contributed by atoms with Gasteiger partial charge in [-0.15, -0.1) is 0 Å². The summed E-state index contributed by atoms with van der Waals surface area (Å²) in [4.78, 5) is 24.6. The van der Waals surface area contributed by atoms with E-state index >= 15 is 0 Å². The summed E-state index contributed by atoms with van der Waals surface area (Å²) in [7, 11) is 1.59. The van der Waals surface area contributed by atoms with Crippen molar-refractivity contribution in [2.75, 3.05) is 20.1 Å². The van der Waals surface area contributed by atoms with Crippen LogP contribution in [0.4, 0.5) is 0 Å². The van der Waals surface area contributed by atoms with Crippen LogP contribution in [0.15, 0.2) is 12.4 Å². The molecule has 0 bridgehead atoms. The van der Waals surface area contributed by atoms with Gasteiger partial charge in [-0.25, -0.2) is 0 Å². The van der Waals surface area contributed by atoms with E-state index < -0.39 is 0 Å². The second-order valence-electron chi connectivity index (χ2n) is 4.35. The quantitative estimate of drug-likeness (QED) is 0.772. The maximum absolute atomic E-state index is 11.8. The molecule has 0 unspecified atom stereocenters. The van der Waals surface area contributed by atoms with E-state index in [9.17, 15) is 9.59 Å². The third-order valence-electron chi connectivity index (χ3n) is 2.18. The molecule has 17 heavy (non-hydrogen) atoms. The van der Waals surface area contributed by atoms with Gasteiger partial charge in [-0.1, -0.05) is 13.8 Å². The van der Waals surface area contributed by atoms with Crippen molar-refractivity contribution in [3.05, 3.63) is 18.0 Å². The van der Waals surface area contributed by atoms with Crippen LogP contribution in [0.25, 0.3) is 0 Å². The van der Waals surface area contributed by atoms with Crippen molar-refractivity contribution in [1.82, 2.24) is 20.4 Å². The van der Waals surface area contributed by atoms with Crippen LogP contribution in [0.3, 0.4) is 0 Å². The van der Waals surface area contributed by atoms with Gasteiger partial charge in [0.25, 0.3) is 5.91 Å². The largest absolute Gasteiger partial charge is 0.354 e. The van der Waals surface area contributed by atoms with Crippen LogP contribution in [0, 0.1) is 5.92 Å². The van der Waals surface area contributed by atoms with Crippen molar-refractivity contribution < 1.29 is 9.59 Å². The van der Waals surface area contributed by atoms with Gasteiger partial charge in [0.2, 0.25) is 5.91 Å². The first-order valence-electron chi connectivity index (χ1n) is 5.51. The van der Waals surface area contributed by atoms with E-state index in [1.807, 2.05) is 13.8 Å². The first-order chi connectivity index (χ1) is 8.00. The maximum atomic E-state index is 11.8. The Morgan fingerprint density at radius 2 is 2.24 bits per heavy atom. The Hall–Kier alpha value is -1.85. The number of carbonyl (C=O) groups excluding carboxylic acids is 2. The molecule has 6 heteroatoms. The fraction of sp³-hybridized carbons (Fsp3) is 0.545. The number of aromatic nitrogens is 2. The lowest BCUT2D eigenvalue weighted by atomic mass is 10.2. The van der Waals surface area contributed by atoms with Crippen LogP contribution in [0.1, 0.15) is 24.2 Å². The van der Waals surface area contributed by atoms with Gasteiger partial charge in [-0.2, -0.15) is 5.10 Å². The zero-order valence-corrected chi connectivity index (χ0v) is 10.4. The summed E-state index contributed by atoms with van der Waals surface area (Å²) in [5.41, 5.74) is 0.448. The molecule has 0 atom stereocenters. The minimum absolute atomic E-state index is 0.0523. The summed E-state index contributed by atoms with van der Waals surface area (Å²) >= 11 is 0. The Morgan fingerprint density at radius 1 is 1.53 bits per heavy atom. The van der Waals surface area contributed by atoms with Gasteiger partial charge < -0.3 is 10.2 Å². The molecule has 0 radical (unpaired) electrons. The van der Waals surface area contributed by atoms with E-state index in [0.29, 0.717) is 18.0 Å². The normalized spacial score (nSPS) is 10.4. The number of amides is 2. The molecule has 0 saturated heterocycles. The van der Waals surface area contributed by atoms with E-state index in [4.69, 9.17) is 0 Å². The summed E-state index contributed by atoms with van der Waals surface area (Å²) < 4.78 is 0. The average Bonchev–Trinajstić information content (AvgIpc) is 2.78. The highest BCUT2D eigenvalue weighted by atomic mass is 16.2. The number of carbonyl (C=O) groups is 2. The lowest BCUT2D eigenvalue weighted by Gasteiger charge is -2.16. The van der Waals surface area contributed by atoms with E-state index in [-0.39, 0.29) is 18.4 Å². The molecule has 0 aliphatic heterocycles. The summed E-state index contributed by atoms with van der Waals surface area (Å²) in [6, 6.07) is 0. The number of aromatic amines is 1. The van der Waals surface area contributed by atoms with Gasteiger partial charge in [-0.3, -0.25) is 14.7 Å². The first-order valence-corrected chi connectivity index (χ1v) is 5.51. The molecule has 1 aromatic rings. The van der Waals surface area contributed by atoms with Crippen LogP contribution in [0.2, 0.25) is 0 Å². The summed E-state index contributed by atoms with van der Waals surface area (Å²) in [6.45, 7) is 4.70. The fourth-order valence-corrected chi connectivity index (χ4v) is 1.25. The monoisotopic (exact) mass is 238 g/mol. The highest BCUT2D eigenvalue weighted by Gasteiger charge is 2.15. The molecule has 2 N–H and O–H groups in total. The van der Waals surface area contributed by atoms with Gasteiger partial charge in [0.1, 0.15) is 0 Å². The molecular weight excluding hydrogens is 220 g/mol. The molecule has 0 saturated carbocycles. The van der Waals surface area contributed by atoms with E-state index in [1.54, 1.807) is 7.05 Å². The molecule has 6 nitrogen and oxygen atoms in total. The zero-order chi connectivity index (χ0) is 12.8. The molecule has 2 amide bonds. The van der Waals surface area contributed by atoms with Crippen LogP contribution < -0.4 is 5.32 Å². The third kappa shape index (κ3) is 4.26. The standard InChI is InChI=1S/C11H18N4O2/c1-8(2)4-12-10(16)7-15(3)11(17)9-5-13-14-6-9/h5-6,8H,4,7H2,1-3H3,(H,12,16)(H,13,14). The van der Waals surface area contributed by atoms with Crippen molar-refractivity contribution in [3.63, 3.8) is 0 Å². The number of hydrogen-bond donors (Lipinski definition) is 2. The topological polar surface area (TPSA) is 78.1 Å². The lowest BCUT2D eigenvalue weighted by molar-refractivity contribution is -0.121. The van der Waals surface area contributed by atoms with Gasteiger partial charge in [-0.05, 0) is 5.92 Å². The van der Waals surface area contributed by atoms with E-state index in [0.717, 1.165) is 0 Å². The SMILES string of the molecule is CC(C)CNC(=O)CN(C)C(=O)c1cn[nH]c1. The number of nitrogens with zero attached hydrogens (tertiary/aromatic N) is 2. The van der Waals surface area contributed by atoms with Crippen molar-refractivity contribution >= 4 is 11.8 Å². The van der Waals surface area contributed by atoms with Crippen LogP contribution in [-0.4, -0.2) is 47.0 Å². The Kier molecular flexibility index (Phi) is 4.68. The molecule has 0 aliphatic rings. The molecule has 1 aromatic heterocycles. The fourth-order valence-electron chi connectivity index (χ4n) is 1.25. The third-order valence-corrected chi connectivity index (χ3v) is 2.18. The zero-order valence-electron chi connectivity index (χ0n) is 10.4.